The second kappa shape index (κ2) is 8.20. The molecule has 1 aromatic rings. The molecule has 132 valence electrons. The van der Waals surface area contributed by atoms with Crippen LogP contribution >= 0.6 is 11.8 Å². The van der Waals surface area contributed by atoms with Gasteiger partial charge in [0.25, 0.3) is 0 Å². The molecule has 2 aliphatic rings. The maximum absolute atomic E-state index is 12.5. The van der Waals surface area contributed by atoms with Crippen molar-refractivity contribution in [3.8, 4) is 0 Å². The van der Waals surface area contributed by atoms with Gasteiger partial charge in [0.15, 0.2) is 0 Å². The number of thioether (sulfide) groups is 1. The number of aliphatic hydroxyl groups excluding tert-OH is 1. The molecule has 2 saturated heterocycles. The molecule has 2 fully saturated rings. The number of benzene rings is 1. The van der Waals surface area contributed by atoms with Crippen LogP contribution in [0, 0.1) is 0 Å². The molecule has 2 amide bonds. The van der Waals surface area contributed by atoms with Gasteiger partial charge in [-0.25, -0.2) is 4.79 Å². The van der Waals surface area contributed by atoms with E-state index in [1.807, 2.05) is 35.4 Å². The highest BCUT2D eigenvalue weighted by molar-refractivity contribution is 7.98. The molecule has 3 rings (SSSR count). The standard InChI is InChI=1S/C17H25N3O3S/c1-24-14-5-2-4-13(10-14)18-17(22)20-7-3-6-19(8-9-20)15-11-23-12-16(15)21/h2,4-5,10,15-16,21H,3,6-9,11-12H2,1H3,(H,18,22)/t15-,16-/m1/s1. The highest BCUT2D eigenvalue weighted by Gasteiger charge is 2.33. The Morgan fingerprint density at radius 1 is 1.29 bits per heavy atom. The molecule has 2 aliphatic heterocycles. The number of rotatable bonds is 3. The van der Waals surface area contributed by atoms with Crippen LogP contribution in [-0.4, -0.2) is 78.7 Å². The molecule has 2 heterocycles. The van der Waals surface area contributed by atoms with Gasteiger partial charge in [0.1, 0.15) is 0 Å². The van der Waals surface area contributed by atoms with E-state index >= 15 is 0 Å². The Labute approximate surface area is 147 Å². The summed E-state index contributed by atoms with van der Waals surface area (Å²) in [5.74, 6) is 0. The summed E-state index contributed by atoms with van der Waals surface area (Å²) in [6.45, 7) is 4.04. The molecule has 1 aromatic carbocycles. The molecule has 0 radical (unpaired) electrons. The molecule has 2 atom stereocenters. The molecule has 0 bridgehead atoms. The van der Waals surface area contributed by atoms with Gasteiger partial charge in [0.05, 0.1) is 25.4 Å². The third kappa shape index (κ3) is 4.22. The smallest absolute Gasteiger partial charge is 0.321 e. The Morgan fingerprint density at radius 3 is 2.92 bits per heavy atom. The van der Waals surface area contributed by atoms with Crippen LogP contribution in [0.2, 0.25) is 0 Å². The maximum atomic E-state index is 12.5. The van der Waals surface area contributed by atoms with Gasteiger partial charge in [-0.15, -0.1) is 11.8 Å². The molecule has 0 saturated carbocycles. The minimum absolute atomic E-state index is 0.0571. The molecule has 2 N–H and O–H groups in total. The zero-order valence-electron chi connectivity index (χ0n) is 14.0. The lowest BCUT2D eigenvalue weighted by molar-refractivity contribution is 0.0845. The number of amides is 2. The highest BCUT2D eigenvalue weighted by atomic mass is 32.2. The second-order valence-corrected chi connectivity index (χ2v) is 7.09. The van der Waals surface area contributed by atoms with Crippen LogP contribution < -0.4 is 5.32 Å². The van der Waals surface area contributed by atoms with Gasteiger partial charge in [-0.2, -0.15) is 0 Å². The molecule has 6 nitrogen and oxygen atoms in total. The van der Waals surface area contributed by atoms with Gasteiger partial charge in [0, 0.05) is 36.8 Å². The zero-order chi connectivity index (χ0) is 16.9. The normalized spacial score (nSPS) is 25.5. The van der Waals surface area contributed by atoms with E-state index in [1.54, 1.807) is 11.8 Å². The van der Waals surface area contributed by atoms with E-state index in [-0.39, 0.29) is 12.1 Å². The first-order chi connectivity index (χ1) is 11.7. The van der Waals surface area contributed by atoms with Gasteiger partial charge < -0.3 is 20.1 Å². The maximum Gasteiger partial charge on any atom is 0.321 e. The Kier molecular flexibility index (Phi) is 5.99. The van der Waals surface area contributed by atoms with Crippen molar-refractivity contribution >= 4 is 23.5 Å². The van der Waals surface area contributed by atoms with Crippen molar-refractivity contribution in [2.45, 2.75) is 23.5 Å². The number of carbonyl (C=O) groups excluding carboxylic acids is 1. The summed E-state index contributed by atoms with van der Waals surface area (Å²) in [7, 11) is 0. The van der Waals surface area contributed by atoms with Gasteiger partial charge in [-0.1, -0.05) is 6.07 Å². The van der Waals surface area contributed by atoms with Crippen LogP contribution in [0.3, 0.4) is 0 Å². The number of nitrogens with one attached hydrogen (secondary N) is 1. The van der Waals surface area contributed by atoms with E-state index in [1.165, 1.54) is 0 Å². The van der Waals surface area contributed by atoms with Crippen molar-refractivity contribution in [1.29, 1.82) is 0 Å². The molecule has 24 heavy (non-hydrogen) atoms. The summed E-state index contributed by atoms with van der Waals surface area (Å²) >= 11 is 1.66. The largest absolute Gasteiger partial charge is 0.389 e. The van der Waals surface area contributed by atoms with E-state index in [0.29, 0.717) is 19.8 Å². The molecule has 0 unspecified atom stereocenters. The fraction of sp³-hybridized carbons (Fsp3) is 0.588. The molecular weight excluding hydrogens is 326 g/mol. The summed E-state index contributed by atoms with van der Waals surface area (Å²) in [6.07, 6.45) is 2.51. The third-order valence-corrected chi connectivity index (χ3v) is 5.35. The minimum atomic E-state index is -0.417. The number of hydrogen-bond donors (Lipinski definition) is 2. The number of hydrogen-bond acceptors (Lipinski definition) is 5. The topological polar surface area (TPSA) is 65.0 Å². The quantitative estimate of drug-likeness (QED) is 0.812. The lowest BCUT2D eigenvalue weighted by Gasteiger charge is -2.28. The third-order valence-electron chi connectivity index (χ3n) is 4.63. The van der Waals surface area contributed by atoms with Crippen LogP contribution in [-0.2, 0) is 4.74 Å². The highest BCUT2D eigenvalue weighted by Crippen LogP contribution is 2.20. The molecular formula is C17H25N3O3S. The van der Waals surface area contributed by atoms with Crippen molar-refractivity contribution in [3.05, 3.63) is 24.3 Å². The predicted octanol–water partition coefficient (Wildman–Crippen LogP) is 1.71. The number of nitrogens with zero attached hydrogens (tertiary/aromatic N) is 2. The fourth-order valence-electron chi connectivity index (χ4n) is 3.26. The Balaban J connectivity index is 1.56. The van der Waals surface area contributed by atoms with E-state index < -0.39 is 6.10 Å². The van der Waals surface area contributed by atoms with E-state index in [2.05, 4.69) is 10.2 Å². The van der Waals surface area contributed by atoms with Gasteiger partial charge >= 0.3 is 6.03 Å². The van der Waals surface area contributed by atoms with Crippen molar-refractivity contribution < 1.29 is 14.6 Å². The number of carbonyl (C=O) groups is 1. The molecule has 7 heteroatoms. The average molecular weight is 351 g/mol. The summed E-state index contributed by atoms with van der Waals surface area (Å²) in [4.78, 5) is 17.8. The zero-order valence-corrected chi connectivity index (χ0v) is 14.8. The molecule has 0 aromatic heterocycles. The van der Waals surface area contributed by atoms with Crippen molar-refractivity contribution in [1.82, 2.24) is 9.80 Å². The van der Waals surface area contributed by atoms with E-state index in [9.17, 15) is 9.90 Å². The van der Waals surface area contributed by atoms with Crippen LogP contribution in [0.15, 0.2) is 29.2 Å². The molecule has 0 spiro atoms. The van der Waals surface area contributed by atoms with Crippen LogP contribution in [0.4, 0.5) is 10.5 Å². The number of anilines is 1. The average Bonchev–Trinajstić information content (AvgIpc) is 2.87. The summed E-state index contributed by atoms with van der Waals surface area (Å²) in [6, 6.07) is 7.88. The summed E-state index contributed by atoms with van der Waals surface area (Å²) in [5.41, 5.74) is 0.826. The number of ether oxygens (including phenoxy) is 1. The van der Waals surface area contributed by atoms with Crippen LogP contribution in [0.25, 0.3) is 0 Å². The van der Waals surface area contributed by atoms with E-state index in [4.69, 9.17) is 4.74 Å². The number of urea groups is 1. The summed E-state index contributed by atoms with van der Waals surface area (Å²) in [5, 5.41) is 13.0. The van der Waals surface area contributed by atoms with Gasteiger partial charge in [-0.05, 0) is 30.9 Å². The minimum Gasteiger partial charge on any atom is -0.389 e. The summed E-state index contributed by atoms with van der Waals surface area (Å²) < 4.78 is 5.35. The van der Waals surface area contributed by atoms with E-state index in [0.717, 1.165) is 36.6 Å². The van der Waals surface area contributed by atoms with Crippen molar-refractivity contribution in [3.63, 3.8) is 0 Å². The SMILES string of the molecule is CSc1cccc(NC(=O)N2CCCN([C@@H]3COC[C@H]3O)CC2)c1. The Hall–Kier alpha value is -1.28. The first kappa shape index (κ1) is 17.5. The van der Waals surface area contributed by atoms with Crippen LogP contribution in [0.5, 0.6) is 0 Å². The Bertz CT molecular complexity index is 572. The lowest BCUT2D eigenvalue weighted by atomic mass is 10.2. The first-order valence-electron chi connectivity index (χ1n) is 8.37. The first-order valence-corrected chi connectivity index (χ1v) is 9.59. The number of aliphatic hydroxyl groups is 1. The lowest BCUT2D eigenvalue weighted by Crippen LogP contribution is -2.45. The fourth-order valence-corrected chi connectivity index (χ4v) is 3.72. The molecule has 0 aliphatic carbocycles. The predicted molar refractivity (Wildman–Crippen MR) is 95.6 cm³/mol. The van der Waals surface area contributed by atoms with Crippen molar-refractivity contribution in [2.24, 2.45) is 0 Å². The van der Waals surface area contributed by atoms with Gasteiger partial charge in [-0.3, -0.25) is 4.90 Å². The monoisotopic (exact) mass is 351 g/mol. The van der Waals surface area contributed by atoms with Crippen molar-refractivity contribution in [2.75, 3.05) is 51.0 Å². The second-order valence-electron chi connectivity index (χ2n) is 6.21. The Morgan fingerprint density at radius 2 is 2.17 bits per heavy atom. The van der Waals surface area contributed by atoms with Gasteiger partial charge in [0.2, 0.25) is 0 Å². The van der Waals surface area contributed by atoms with Crippen LogP contribution in [0.1, 0.15) is 6.42 Å².